The zero-order chi connectivity index (χ0) is 18.9. The maximum absolute atomic E-state index is 12.1. The van der Waals surface area contributed by atoms with Crippen molar-refractivity contribution in [2.45, 2.75) is 6.10 Å². The minimum absolute atomic E-state index is 0.141. The van der Waals surface area contributed by atoms with Crippen molar-refractivity contribution in [2.75, 3.05) is 33.2 Å². The maximum Gasteiger partial charge on any atom is 0.313 e. The molecule has 7 heteroatoms. The number of anilines is 1. The fourth-order valence-corrected chi connectivity index (χ4v) is 2.37. The molecule has 1 atom stereocenters. The van der Waals surface area contributed by atoms with Gasteiger partial charge in [0.25, 0.3) is 0 Å². The first-order valence-corrected chi connectivity index (χ1v) is 7.98. The predicted octanol–water partition coefficient (Wildman–Crippen LogP) is 2.15. The first kappa shape index (κ1) is 19.3. The Morgan fingerprint density at radius 1 is 0.962 bits per heavy atom. The van der Waals surface area contributed by atoms with Gasteiger partial charge in [-0.05, 0) is 29.8 Å². The van der Waals surface area contributed by atoms with E-state index in [9.17, 15) is 9.59 Å². The minimum atomic E-state index is -0.782. The van der Waals surface area contributed by atoms with Gasteiger partial charge in [0.2, 0.25) is 0 Å². The molecule has 2 rings (SSSR count). The molecule has 2 amide bonds. The normalized spacial score (nSPS) is 11.3. The number of hydrogen-bond donors (Lipinski definition) is 2. The van der Waals surface area contributed by atoms with E-state index in [2.05, 4.69) is 10.6 Å². The molecule has 0 aliphatic heterocycles. The highest BCUT2D eigenvalue weighted by atomic mass is 16.5. The van der Waals surface area contributed by atoms with E-state index in [1.165, 1.54) is 14.2 Å². The van der Waals surface area contributed by atoms with Crippen LogP contribution in [-0.2, 0) is 14.3 Å². The minimum Gasteiger partial charge on any atom is -0.497 e. The first-order chi connectivity index (χ1) is 12.6. The van der Waals surface area contributed by atoms with Crippen LogP contribution in [0.5, 0.6) is 11.5 Å². The number of ether oxygens (including phenoxy) is 3. The third-order valence-corrected chi connectivity index (χ3v) is 3.76. The number of amides is 2. The van der Waals surface area contributed by atoms with Crippen molar-refractivity contribution in [3.63, 3.8) is 0 Å². The summed E-state index contributed by atoms with van der Waals surface area (Å²) >= 11 is 0. The Kier molecular flexibility index (Phi) is 6.99. The fourth-order valence-electron chi connectivity index (χ4n) is 2.37. The van der Waals surface area contributed by atoms with Gasteiger partial charge in [-0.25, -0.2) is 0 Å². The molecule has 2 N–H and O–H groups in total. The van der Waals surface area contributed by atoms with Crippen LogP contribution >= 0.6 is 0 Å². The predicted molar refractivity (Wildman–Crippen MR) is 97.4 cm³/mol. The van der Waals surface area contributed by atoms with Crippen LogP contribution < -0.4 is 20.1 Å². The Hall–Kier alpha value is -3.06. The van der Waals surface area contributed by atoms with Crippen molar-refractivity contribution in [1.29, 1.82) is 0 Å². The molecular formula is C19H22N2O5. The lowest BCUT2D eigenvalue weighted by Gasteiger charge is -2.17. The zero-order valence-electron chi connectivity index (χ0n) is 14.9. The van der Waals surface area contributed by atoms with E-state index in [0.717, 1.165) is 5.56 Å². The van der Waals surface area contributed by atoms with Crippen molar-refractivity contribution in [2.24, 2.45) is 0 Å². The van der Waals surface area contributed by atoms with E-state index in [0.29, 0.717) is 17.2 Å². The number of carbonyl (C=O) groups excluding carboxylic acids is 2. The quantitative estimate of drug-likeness (QED) is 0.741. The number of hydrogen-bond acceptors (Lipinski definition) is 5. The first-order valence-electron chi connectivity index (χ1n) is 7.98. The van der Waals surface area contributed by atoms with Gasteiger partial charge >= 0.3 is 11.8 Å². The molecule has 7 nitrogen and oxygen atoms in total. The summed E-state index contributed by atoms with van der Waals surface area (Å²) in [5.41, 5.74) is 1.25. The fraction of sp³-hybridized carbons (Fsp3) is 0.263. The highest BCUT2D eigenvalue weighted by Gasteiger charge is 2.18. The van der Waals surface area contributed by atoms with Gasteiger partial charge in [0, 0.05) is 13.7 Å². The van der Waals surface area contributed by atoms with E-state index in [1.807, 2.05) is 24.3 Å². The number of methoxy groups -OCH3 is 3. The van der Waals surface area contributed by atoms with Gasteiger partial charge in [0.15, 0.2) is 0 Å². The van der Waals surface area contributed by atoms with Crippen molar-refractivity contribution >= 4 is 17.5 Å². The summed E-state index contributed by atoms with van der Waals surface area (Å²) in [6.07, 6.45) is -0.409. The van der Waals surface area contributed by atoms with Crippen LogP contribution in [0.3, 0.4) is 0 Å². The van der Waals surface area contributed by atoms with E-state index < -0.39 is 17.9 Å². The molecule has 2 aromatic carbocycles. The van der Waals surface area contributed by atoms with Gasteiger partial charge in [-0.2, -0.15) is 0 Å². The van der Waals surface area contributed by atoms with Gasteiger partial charge in [0.05, 0.1) is 26.0 Å². The molecule has 0 spiro atoms. The van der Waals surface area contributed by atoms with Gasteiger partial charge in [-0.15, -0.1) is 0 Å². The SMILES string of the molecule is COc1cccc(C(CNC(=O)C(=O)Nc2ccccc2OC)OC)c1. The Bertz CT molecular complexity index is 763. The van der Waals surface area contributed by atoms with Crippen LogP contribution in [0.15, 0.2) is 48.5 Å². The topological polar surface area (TPSA) is 85.9 Å². The molecule has 0 heterocycles. The molecular weight excluding hydrogens is 336 g/mol. The Morgan fingerprint density at radius 2 is 1.73 bits per heavy atom. The van der Waals surface area contributed by atoms with Crippen LogP contribution in [0.1, 0.15) is 11.7 Å². The number of nitrogens with one attached hydrogen (secondary N) is 2. The molecule has 0 aliphatic rings. The van der Waals surface area contributed by atoms with E-state index in [4.69, 9.17) is 14.2 Å². The van der Waals surface area contributed by atoms with Crippen LogP contribution in [0.2, 0.25) is 0 Å². The van der Waals surface area contributed by atoms with Crippen molar-refractivity contribution < 1.29 is 23.8 Å². The molecule has 2 aromatic rings. The molecule has 1 unspecified atom stereocenters. The van der Waals surface area contributed by atoms with Crippen molar-refractivity contribution in [3.05, 3.63) is 54.1 Å². The number of benzene rings is 2. The third-order valence-electron chi connectivity index (χ3n) is 3.76. The second-order valence-corrected chi connectivity index (χ2v) is 5.37. The smallest absolute Gasteiger partial charge is 0.313 e. The lowest BCUT2D eigenvalue weighted by molar-refractivity contribution is -0.136. The van der Waals surface area contributed by atoms with Crippen LogP contribution in [0.25, 0.3) is 0 Å². The molecule has 0 aliphatic carbocycles. The lowest BCUT2D eigenvalue weighted by atomic mass is 10.1. The molecule has 138 valence electrons. The molecule has 26 heavy (non-hydrogen) atoms. The summed E-state index contributed by atoms with van der Waals surface area (Å²) in [4.78, 5) is 24.2. The number of rotatable bonds is 7. The summed E-state index contributed by atoms with van der Waals surface area (Å²) in [5, 5.41) is 5.09. The number of para-hydroxylation sites is 2. The molecule has 0 saturated carbocycles. The Labute approximate surface area is 152 Å². The summed E-state index contributed by atoms with van der Waals surface area (Å²) < 4.78 is 15.7. The Morgan fingerprint density at radius 3 is 2.42 bits per heavy atom. The monoisotopic (exact) mass is 358 g/mol. The molecule has 0 saturated heterocycles. The molecule has 0 aromatic heterocycles. The average molecular weight is 358 g/mol. The van der Waals surface area contributed by atoms with Gasteiger partial charge < -0.3 is 24.8 Å². The van der Waals surface area contributed by atoms with Crippen LogP contribution in [-0.4, -0.2) is 39.7 Å². The second-order valence-electron chi connectivity index (χ2n) is 5.37. The van der Waals surface area contributed by atoms with Gasteiger partial charge in [0.1, 0.15) is 11.5 Å². The zero-order valence-corrected chi connectivity index (χ0v) is 14.9. The standard InChI is InChI=1S/C19H22N2O5/c1-24-14-8-6-7-13(11-14)17(26-3)12-20-18(22)19(23)21-15-9-4-5-10-16(15)25-2/h4-11,17H,12H2,1-3H3,(H,20,22)(H,21,23). The van der Waals surface area contributed by atoms with Crippen molar-refractivity contribution in [1.82, 2.24) is 5.32 Å². The molecule has 0 bridgehead atoms. The maximum atomic E-state index is 12.1. The molecule has 0 radical (unpaired) electrons. The third kappa shape index (κ3) is 4.97. The van der Waals surface area contributed by atoms with Crippen LogP contribution in [0, 0.1) is 0 Å². The lowest BCUT2D eigenvalue weighted by Crippen LogP contribution is -2.38. The van der Waals surface area contributed by atoms with E-state index in [-0.39, 0.29) is 6.54 Å². The van der Waals surface area contributed by atoms with Crippen LogP contribution in [0.4, 0.5) is 5.69 Å². The average Bonchev–Trinajstić information content (AvgIpc) is 2.68. The van der Waals surface area contributed by atoms with E-state index in [1.54, 1.807) is 31.4 Å². The van der Waals surface area contributed by atoms with Gasteiger partial charge in [-0.3, -0.25) is 9.59 Å². The summed E-state index contributed by atoms with van der Waals surface area (Å²) in [6, 6.07) is 14.2. The van der Waals surface area contributed by atoms with Crippen molar-refractivity contribution in [3.8, 4) is 11.5 Å². The summed E-state index contributed by atoms with van der Waals surface area (Å²) in [5.74, 6) is -0.388. The largest absolute Gasteiger partial charge is 0.497 e. The second kappa shape index (κ2) is 9.43. The highest BCUT2D eigenvalue weighted by Crippen LogP contribution is 2.23. The van der Waals surface area contributed by atoms with Gasteiger partial charge in [-0.1, -0.05) is 24.3 Å². The molecule has 0 fully saturated rings. The number of carbonyl (C=O) groups is 2. The van der Waals surface area contributed by atoms with E-state index >= 15 is 0 Å². The summed E-state index contributed by atoms with van der Waals surface area (Å²) in [7, 11) is 4.60. The summed E-state index contributed by atoms with van der Waals surface area (Å²) in [6.45, 7) is 0.141. The highest BCUT2D eigenvalue weighted by molar-refractivity contribution is 6.39. The Balaban J connectivity index is 1.96.